The van der Waals surface area contributed by atoms with Gasteiger partial charge in [0.2, 0.25) is 10.0 Å². The van der Waals surface area contributed by atoms with Crippen LogP contribution < -0.4 is 14.2 Å². The molecule has 1 aliphatic heterocycles. The molecule has 2 aromatic rings. The number of fused-ring (bicyclic) bond motifs is 1. The third-order valence-electron chi connectivity index (χ3n) is 3.92. The highest BCUT2D eigenvalue weighted by Gasteiger charge is 2.21. The molecule has 0 spiro atoms. The second-order valence-corrected chi connectivity index (χ2v) is 7.22. The summed E-state index contributed by atoms with van der Waals surface area (Å²) in [5.74, 6) is 1.08. The van der Waals surface area contributed by atoms with E-state index in [1.165, 1.54) is 13.2 Å². The lowest BCUT2D eigenvalue weighted by Gasteiger charge is -2.15. The molecule has 0 aromatic heterocycles. The van der Waals surface area contributed by atoms with Crippen LogP contribution in [0, 0.1) is 0 Å². The molecule has 0 saturated carbocycles. The fraction of sp³-hybridized carbons (Fsp3) is 0.294. The maximum absolute atomic E-state index is 12.4. The summed E-state index contributed by atoms with van der Waals surface area (Å²) in [4.78, 5) is 0.0436. The molecular weight excluding hydrogens is 330 g/mol. The van der Waals surface area contributed by atoms with E-state index in [0.717, 1.165) is 17.7 Å². The predicted molar refractivity (Wildman–Crippen MR) is 88.8 cm³/mol. The van der Waals surface area contributed by atoms with E-state index in [1.807, 2.05) is 6.07 Å². The van der Waals surface area contributed by atoms with Gasteiger partial charge in [-0.1, -0.05) is 18.2 Å². The normalized spacial score (nSPS) is 14.8. The molecule has 24 heavy (non-hydrogen) atoms. The van der Waals surface area contributed by atoms with Gasteiger partial charge in [0.1, 0.15) is 16.4 Å². The molecule has 128 valence electrons. The van der Waals surface area contributed by atoms with Crippen molar-refractivity contribution in [1.29, 1.82) is 0 Å². The Morgan fingerprint density at radius 1 is 1.29 bits per heavy atom. The number of methoxy groups -OCH3 is 1. The third kappa shape index (κ3) is 3.38. The van der Waals surface area contributed by atoms with Crippen molar-refractivity contribution in [3.05, 3.63) is 53.6 Å². The Balaban J connectivity index is 1.72. The SMILES string of the molecule is COc1ccccc1S(=O)(=O)NC[C@H](O)c1ccc2c(c1)CCO2. The summed E-state index contributed by atoms with van der Waals surface area (Å²) in [6.07, 6.45) is -0.150. The van der Waals surface area contributed by atoms with Gasteiger partial charge in [0, 0.05) is 13.0 Å². The van der Waals surface area contributed by atoms with E-state index in [4.69, 9.17) is 9.47 Å². The molecule has 0 bridgehead atoms. The molecule has 0 aliphatic carbocycles. The lowest BCUT2D eigenvalue weighted by Crippen LogP contribution is -2.28. The van der Waals surface area contributed by atoms with Crippen molar-refractivity contribution in [1.82, 2.24) is 4.72 Å². The molecular formula is C17H19NO5S. The van der Waals surface area contributed by atoms with Gasteiger partial charge in [0.05, 0.1) is 19.8 Å². The van der Waals surface area contributed by atoms with Crippen molar-refractivity contribution in [3.8, 4) is 11.5 Å². The van der Waals surface area contributed by atoms with Gasteiger partial charge >= 0.3 is 0 Å². The van der Waals surface area contributed by atoms with E-state index in [-0.39, 0.29) is 17.2 Å². The highest BCUT2D eigenvalue weighted by molar-refractivity contribution is 7.89. The average molecular weight is 349 g/mol. The van der Waals surface area contributed by atoms with Crippen LogP contribution >= 0.6 is 0 Å². The first kappa shape index (κ1) is 16.8. The van der Waals surface area contributed by atoms with Crippen molar-refractivity contribution in [2.75, 3.05) is 20.3 Å². The second kappa shape index (κ2) is 6.80. The van der Waals surface area contributed by atoms with Crippen molar-refractivity contribution < 1.29 is 23.0 Å². The zero-order chi connectivity index (χ0) is 17.2. The number of para-hydroxylation sites is 1. The molecule has 1 heterocycles. The Morgan fingerprint density at radius 3 is 2.88 bits per heavy atom. The topological polar surface area (TPSA) is 84.9 Å². The maximum Gasteiger partial charge on any atom is 0.244 e. The van der Waals surface area contributed by atoms with Gasteiger partial charge in [0.15, 0.2) is 0 Å². The lowest BCUT2D eigenvalue weighted by atomic mass is 10.0. The van der Waals surface area contributed by atoms with Crippen LogP contribution in [-0.4, -0.2) is 33.8 Å². The molecule has 1 aliphatic rings. The van der Waals surface area contributed by atoms with Crippen LogP contribution in [0.15, 0.2) is 47.4 Å². The fourth-order valence-corrected chi connectivity index (χ4v) is 3.85. The molecule has 0 saturated heterocycles. The molecule has 0 amide bonds. The number of aliphatic hydroxyl groups excluding tert-OH is 1. The van der Waals surface area contributed by atoms with Crippen LogP contribution in [-0.2, 0) is 16.4 Å². The minimum Gasteiger partial charge on any atom is -0.495 e. The number of hydrogen-bond acceptors (Lipinski definition) is 5. The van der Waals surface area contributed by atoms with E-state index < -0.39 is 16.1 Å². The molecule has 0 fully saturated rings. The van der Waals surface area contributed by atoms with Gasteiger partial charge in [-0.3, -0.25) is 0 Å². The summed E-state index contributed by atoms with van der Waals surface area (Å²) in [5, 5.41) is 10.3. The Labute approximate surface area is 141 Å². The van der Waals surface area contributed by atoms with Crippen LogP contribution in [0.3, 0.4) is 0 Å². The minimum absolute atomic E-state index is 0.0436. The summed E-state index contributed by atoms with van der Waals surface area (Å²) in [6, 6.07) is 11.7. The van der Waals surface area contributed by atoms with Crippen LogP contribution in [0.25, 0.3) is 0 Å². The van der Waals surface area contributed by atoms with Crippen molar-refractivity contribution in [3.63, 3.8) is 0 Å². The third-order valence-corrected chi connectivity index (χ3v) is 5.39. The molecule has 7 heteroatoms. The molecule has 0 radical (unpaired) electrons. The summed E-state index contributed by atoms with van der Waals surface area (Å²) in [5.41, 5.74) is 1.68. The first-order valence-electron chi connectivity index (χ1n) is 7.57. The van der Waals surface area contributed by atoms with E-state index in [1.54, 1.807) is 30.3 Å². The van der Waals surface area contributed by atoms with Gasteiger partial charge in [-0.2, -0.15) is 0 Å². The molecule has 0 unspecified atom stereocenters. The van der Waals surface area contributed by atoms with Crippen molar-refractivity contribution in [2.45, 2.75) is 17.4 Å². The molecule has 3 rings (SSSR count). The van der Waals surface area contributed by atoms with Gasteiger partial charge in [-0.25, -0.2) is 13.1 Å². The van der Waals surface area contributed by atoms with Gasteiger partial charge in [-0.15, -0.1) is 0 Å². The highest BCUT2D eigenvalue weighted by Crippen LogP contribution is 2.28. The zero-order valence-electron chi connectivity index (χ0n) is 13.2. The Bertz CT molecular complexity index is 835. The quantitative estimate of drug-likeness (QED) is 0.828. The number of aliphatic hydroxyl groups is 1. The number of benzene rings is 2. The molecule has 2 N–H and O–H groups in total. The molecule has 2 aromatic carbocycles. The van der Waals surface area contributed by atoms with Crippen LogP contribution in [0.1, 0.15) is 17.2 Å². The first-order chi connectivity index (χ1) is 11.5. The van der Waals surface area contributed by atoms with E-state index in [2.05, 4.69) is 4.72 Å². The summed E-state index contributed by atoms with van der Waals surface area (Å²) < 4.78 is 37.8. The Hall–Kier alpha value is -2.09. The molecule has 6 nitrogen and oxygen atoms in total. The fourth-order valence-electron chi connectivity index (χ4n) is 2.64. The lowest BCUT2D eigenvalue weighted by molar-refractivity contribution is 0.182. The van der Waals surface area contributed by atoms with E-state index >= 15 is 0 Å². The van der Waals surface area contributed by atoms with Crippen LogP contribution in [0.2, 0.25) is 0 Å². The number of ether oxygens (including phenoxy) is 2. The van der Waals surface area contributed by atoms with Crippen molar-refractivity contribution in [2.24, 2.45) is 0 Å². The summed E-state index contributed by atoms with van der Waals surface area (Å²) in [6.45, 7) is 0.509. The van der Waals surface area contributed by atoms with E-state index in [0.29, 0.717) is 12.2 Å². The highest BCUT2D eigenvalue weighted by atomic mass is 32.2. The van der Waals surface area contributed by atoms with Gasteiger partial charge < -0.3 is 14.6 Å². The van der Waals surface area contributed by atoms with Crippen molar-refractivity contribution >= 4 is 10.0 Å². The summed E-state index contributed by atoms with van der Waals surface area (Å²) in [7, 11) is -2.36. The maximum atomic E-state index is 12.4. The van der Waals surface area contributed by atoms with Gasteiger partial charge in [0.25, 0.3) is 0 Å². The number of hydrogen-bond donors (Lipinski definition) is 2. The average Bonchev–Trinajstić information content (AvgIpc) is 3.07. The predicted octanol–water partition coefficient (Wildman–Crippen LogP) is 1.64. The van der Waals surface area contributed by atoms with Gasteiger partial charge in [-0.05, 0) is 35.4 Å². The zero-order valence-corrected chi connectivity index (χ0v) is 14.0. The Kier molecular flexibility index (Phi) is 4.75. The standard InChI is InChI=1S/C17H19NO5S/c1-22-16-4-2-3-5-17(16)24(20,21)18-11-14(19)12-6-7-15-13(10-12)8-9-23-15/h2-7,10,14,18-19H,8-9,11H2,1H3/t14-/m0/s1. The number of rotatable bonds is 6. The summed E-state index contributed by atoms with van der Waals surface area (Å²) >= 11 is 0. The molecule has 1 atom stereocenters. The van der Waals surface area contributed by atoms with E-state index in [9.17, 15) is 13.5 Å². The Morgan fingerprint density at radius 2 is 2.08 bits per heavy atom. The largest absolute Gasteiger partial charge is 0.495 e. The minimum atomic E-state index is -3.78. The smallest absolute Gasteiger partial charge is 0.244 e. The van der Waals surface area contributed by atoms with Crippen LogP contribution in [0.4, 0.5) is 0 Å². The van der Waals surface area contributed by atoms with Crippen LogP contribution in [0.5, 0.6) is 11.5 Å². The second-order valence-electron chi connectivity index (χ2n) is 5.48. The number of nitrogens with one attached hydrogen (secondary N) is 1. The first-order valence-corrected chi connectivity index (χ1v) is 9.06. The number of sulfonamides is 1. The monoisotopic (exact) mass is 349 g/mol.